The summed E-state index contributed by atoms with van der Waals surface area (Å²) in [5, 5.41) is 13.8. The van der Waals surface area contributed by atoms with Crippen molar-refractivity contribution in [1.29, 1.82) is 0 Å². The van der Waals surface area contributed by atoms with E-state index < -0.39 is 10.0 Å². The fourth-order valence-electron chi connectivity index (χ4n) is 2.49. The van der Waals surface area contributed by atoms with Crippen molar-refractivity contribution < 1.29 is 22.1 Å². The Labute approximate surface area is 173 Å². The largest absolute Gasteiger partial charge is 0.418 e. The van der Waals surface area contributed by atoms with E-state index in [1.54, 1.807) is 6.07 Å². The molecule has 158 valence electrons. The fraction of sp³-hybridized carbons (Fsp3) is 0.500. The minimum atomic E-state index is -3.72. The van der Waals surface area contributed by atoms with Crippen molar-refractivity contribution in [2.45, 2.75) is 38.5 Å². The molecule has 0 aliphatic rings. The average Bonchev–Trinajstić information content (AvgIpc) is 3.37. The van der Waals surface area contributed by atoms with E-state index in [0.29, 0.717) is 17.3 Å². The Hall–Kier alpha value is -2.08. The van der Waals surface area contributed by atoms with Gasteiger partial charge in [-0.05, 0) is 11.4 Å². The number of rotatable bonds is 9. The van der Waals surface area contributed by atoms with Gasteiger partial charge in [0.15, 0.2) is 0 Å². The Bertz CT molecular complexity index is 1020. The van der Waals surface area contributed by atoms with Crippen molar-refractivity contribution in [3.8, 4) is 10.8 Å². The van der Waals surface area contributed by atoms with Gasteiger partial charge in [-0.15, -0.1) is 21.5 Å². The third kappa shape index (κ3) is 5.50. The van der Waals surface area contributed by atoms with Gasteiger partial charge in [0.1, 0.15) is 17.2 Å². The second-order valence-corrected chi connectivity index (χ2v) is 10.4. The van der Waals surface area contributed by atoms with Gasteiger partial charge in [-0.25, -0.2) is 8.42 Å². The van der Waals surface area contributed by atoms with Crippen molar-refractivity contribution in [2.24, 2.45) is 0 Å². The van der Waals surface area contributed by atoms with E-state index in [4.69, 9.17) is 13.7 Å². The van der Waals surface area contributed by atoms with Crippen LogP contribution in [0.4, 0.5) is 0 Å². The zero-order valence-electron chi connectivity index (χ0n) is 16.8. The summed E-state index contributed by atoms with van der Waals surface area (Å²) in [6.45, 7) is 6.25. The highest BCUT2D eigenvalue weighted by molar-refractivity contribution is 7.88. The smallest absolute Gasteiger partial charge is 0.257 e. The van der Waals surface area contributed by atoms with Crippen molar-refractivity contribution in [3.63, 3.8) is 0 Å². The molecule has 3 rings (SSSR count). The first-order chi connectivity index (χ1) is 13.7. The number of methoxy groups -OCH3 is 1. The zero-order chi connectivity index (χ0) is 21.1. The number of nitrogens with zero attached hydrogens (tertiary/aromatic N) is 4. The summed E-state index contributed by atoms with van der Waals surface area (Å²) in [6.07, 6.45) is 0. The standard InChI is InChI=1S/C18H24N4O5S2/c1-18(2,3)15-10-13(21-27-15)12-29(23,24)22(7-8-25-4)11-16-19-20-17(26-16)14-6-5-9-28-14/h5-6,9-10H,7-8,11-12H2,1-4H3. The van der Waals surface area contributed by atoms with E-state index in [1.807, 2.05) is 38.3 Å². The number of aromatic nitrogens is 3. The van der Waals surface area contributed by atoms with Gasteiger partial charge in [0.25, 0.3) is 5.89 Å². The van der Waals surface area contributed by atoms with Crippen molar-refractivity contribution >= 4 is 21.4 Å². The van der Waals surface area contributed by atoms with Gasteiger partial charge in [0.05, 0.1) is 18.0 Å². The van der Waals surface area contributed by atoms with Crippen molar-refractivity contribution in [2.75, 3.05) is 20.3 Å². The lowest BCUT2D eigenvalue weighted by Gasteiger charge is -2.19. The van der Waals surface area contributed by atoms with Gasteiger partial charge in [0, 0.05) is 25.1 Å². The number of hydrogen-bond donors (Lipinski definition) is 0. The molecule has 3 heterocycles. The van der Waals surface area contributed by atoms with Gasteiger partial charge in [0.2, 0.25) is 15.9 Å². The van der Waals surface area contributed by atoms with E-state index >= 15 is 0 Å². The highest BCUT2D eigenvalue weighted by Gasteiger charge is 2.28. The van der Waals surface area contributed by atoms with Crippen LogP contribution in [0, 0.1) is 0 Å². The molecule has 0 N–H and O–H groups in total. The molecule has 0 amide bonds. The molecule has 0 aliphatic carbocycles. The lowest BCUT2D eigenvalue weighted by atomic mass is 9.93. The number of ether oxygens (including phenoxy) is 1. The van der Waals surface area contributed by atoms with Crippen LogP contribution in [0.15, 0.2) is 32.5 Å². The van der Waals surface area contributed by atoms with Gasteiger partial charge in [-0.2, -0.15) is 4.31 Å². The molecular weight excluding hydrogens is 416 g/mol. The molecule has 0 spiro atoms. The monoisotopic (exact) mass is 440 g/mol. The van der Waals surface area contributed by atoms with Gasteiger partial charge in [-0.3, -0.25) is 0 Å². The van der Waals surface area contributed by atoms with Crippen LogP contribution in [-0.2, 0) is 32.5 Å². The summed E-state index contributed by atoms with van der Waals surface area (Å²) in [5.41, 5.74) is 0.0920. The first-order valence-electron chi connectivity index (χ1n) is 8.98. The molecule has 9 nitrogen and oxygen atoms in total. The van der Waals surface area contributed by atoms with Crippen LogP contribution >= 0.6 is 11.3 Å². The molecule has 0 saturated carbocycles. The molecule has 0 saturated heterocycles. The minimum absolute atomic E-state index is 0.0476. The first-order valence-corrected chi connectivity index (χ1v) is 11.5. The van der Waals surface area contributed by atoms with Crippen LogP contribution in [0.3, 0.4) is 0 Å². The van der Waals surface area contributed by atoms with E-state index in [1.165, 1.54) is 22.8 Å². The van der Waals surface area contributed by atoms with Gasteiger partial charge >= 0.3 is 0 Å². The number of hydrogen-bond acceptors (Lipinski definition) is 9. The van der Waals surface area contributed by atoms with E-state index in [9.17, 15) is 8.42 Å². The average molecular weight is 441 g/mol. The van der Waals surface area contributed by atoms with Crippen LogP contribution in [0.5, 0.6) is 0 Å². The molecule has 0 aromatic carbocycles. The van der Waals surface area contributed by atoms with Gasteiger partial charge in [-0.1, -0.05) is 32.0 Å². The Morgan fingerprint density at radius 2 is 2.07 bits per heavy atom. The maximum absolute atomic E-state index is 13.0. The first kappa shape index (κ1) is 21.6. The van der Waals surface area contributed by atoms with Crippen LogP contribution < -0.4 is 0 Å². The minimum Gasteiger partial charge on any atom is -0.418 e. The lowest BCUT2D eigenvalue weighted by Crippen LogP contribution is -2.34. The highest BCUT2D eigenvalue weighted by Crippen LogP contribution is 2.25. The summed E-state index contributed by atoms with van der Waals surface area (Å²) >= 11 is 1.47. The van der Waals surface area contributed by atoms with Crippen LogP contribution in [0.2, 0.25) is 0 Å². The quantitative estimate of drug-likeness (QED) is 0.499. The van der Waals surface area contributed by atoms with Gasteiger partial charge < -0.3 is 13.7 Å². The Kier molecular flexibility index (Phi) is 6.52. The Morgan fingerprint density at radius 1 is 1.28 bits per heavy atom. The maximum Gasteiger partial charge on any atom is 0.257 e. The molecular formula is C18H24N4O5S2. The molecule has 0 atom stereocenters. The summed E-state index contributed by atoms with van der Waals surface area (Å²) in [5.74, 6) is 0.917. The molecule has 0 fully saturated rings. The second-order valence-electron chi connectivity index (χ2n) is 7.49. The van der Waals surface area contributed by atoms with Crippen molar-refractivity contribution in [3.05, 3.63) is 40.9 Å². The SMILES string of the molecule is COCCN(Cc1nnc(-c2cccs2)o1)S(=O)(=O)Cc1cc(C(C)(C)C)on1. The Morgan fingerprint density at radius 3 is 2.69 bits per heavy atom. The van der Waals surface area contributed by atoms with E-state index in [2.05, 4.69) is 15.4 Å². The normalized spacial score (nSPS) is 12.7. The molecule has 11 heteroatoms. The second kappa shape index (κ2) is 8.74. The van der Waals surface area contributed by atoms with Crippen molar-refractivity contribution in [1.82, 2.24) is 19.7 Å². The highest BCUT2D eigenvalue weighted by atomic mass is 32.2. The molecule has 3 aromatic heterocycles. The maximum atomic E-state index is 13.0. The number of thiophene rings is 1. The molecule has 29 heavy (non-hydrogen) atoms. The Balaban J connectivity index is 1.77. The molecule has 0 unspecified atom stereocenters. The summed E-state index contributed by atoms with van der Waals surface area (Å²) in [4.78, 5) is 0.826. The summed E-state index contributed by atoms with van der Waals surface area (Å²) in [6, 6.07) is 5.41. The fourth-order valence-corrected chi connectivity index (χ4v) is 4.49. The lowest BCUT2D eigenvalue weighted by molar-refractivity contribution is 0.174. The summed E-state index contributed by atoms with van der Waals surface area (Å²) < 4.78 is 43.3. The van der Waals surface area contributed by atoms with Crippen LogP contribution in [0.1, 0.15) is 38.1 Å². The number of sulfonamides is 1. The topological polar surface area (TPSA) is 112 Å². The molecule has 3 aromatic rings. The predicted molar refractivity (Wildman–Crippen MR) is 108 cm³/mol. The van der Waals surface area contributed by atoms with E-state index in [-0.39, 0.29) is 36.8 Å². The van der Waals surface area contributed by atoms with E-state index in [0.717, 1.165) is 4.88 Å². The molecule has 0 aliphatic heterocycles. The van der Waals surface area contributed by atoms with Crippen LogP contribution in [0.25, 0.3) is 10.8 Å². The summed E-state index contributed by atoms with van der Waals surface area (Å²) in [7, 11) is -2.20. The molecule has 0 radical (unpaired) electrons. The third-order valence-corrected chi connectivity index (χ3v) is 6.69. The molecule has 0 bridgehead atoms. The zero-order valence-corrected chi connectivity index (χ0v) is 18.4. The van der Waals surface area contributed by atoms with Crippen LogP contribution in [-0.4, -0.2) is 48.3 Å². The predicted octanol–water partition coefficient (Wildman–Crippen LogP) is 3.06. The third-order valence-electron chi connectivity index (χ3n) is 4.08.